The number of carbonyl (C=O) groups excluding carboxylic acids is 3. The van der Waals surface area contributed by atoms with E-state index in [9.17, 15) is 19.5 Å². The van der Waals surface area contributed by atoms with Gasteiger partial charge >= 0.3 is 11.9 Å². The Balaban J connectivity index is 2.03. The lowest BCUT2D eigenvalue weighted by Gasteiger charge is -2.40. The van der Waals surface area contributed by atoms with Gasteiger partial charge in [-0.25, -0.2) is 9.59 Å². The Bertz CT molecular complexity index is 828. The Morgan fingerprint density at radius 3 is 2.50 bits per heavy atom. The molecule has 1 amide bonds. The lowest BCUT2D eigenvalue weighted by molar-refractivity contribution is -0.160. The molecule has 1 aromatic rings. The summed E-state index contributed by atoms with van der Waals surface area (Å²) in [7, 11) is 1.91. The van der Waals surface area contributed by atoms with Crippen LogP contribution in [0.3, 0.4) is 0 Å². The molecule has 1 aliphatic carbocycles. The topological polar surface area (TPSA) is 114 Å². The third-order valence-electron chi connectivity index (χ3n) is 6.41. The molecule has 0 heterocycles. The van der Waals surface area contributed by atoms with Crippen molar-refractivity contribution < 1.29 is 29.0 Å². The van der Waals surface area contributed by atoms with Gasteiger partial charge in [0.2, 0.25) is 5.91 Å². The number of nitrogens with one attached hydrogen (secondary N) is 2. The lowest BCUT2D eigenvalue weighted by Crippen LogP contribution is -2.54. The molecule has 202 valence electrons. The van der Waals surface area contributed by atoms with Crippen molar-refractivity contribution in [2.45, 2.75) is 68.3 Å². The fourth-order valence-electron chi connectivity index (χ4n) is 4.45. The molecule has 10 heteroatoms. The SMILES string of the molecule is CCOC(=O)COC(=O)[C@@H](Cc1ccccc1)NC(=O)C1CC(Cl)C(CCCCCNC)C(Cl)C1O. The van der Waals surface area contributed by atoms with Gasteiger partial charge in [0.25, 0.3) is 0 Å². The average molecular weight is 546 g/mol. The number of rotatable bonds is 14. The van der Waals surface area contributed by atoms with Crippen molar-refractivity contribution in [1.82, 2.24) is 10.6 Å². The van der Waals surface area contributed by atoms with E-state index in [1.54, 1.807) is 6.92 Å². The summed E-state index contributed by atoms with van der Waals surface area (Å²) >= 11 is 13.2. The van der Waals surface area contributed by atoms with Crippen LogP contribution in [0.25, 0.3) is 0 Å². The molecule has 2 rings (SSSR count). The number of amides is 1. The first-order chi connectivity index (χ1) is 17.3. The molecule has 36 heavy (non-hydrogen) atoms. The molecule has 1 saturated carbocycles. The number of ether oxygens (including phenoxy) is 2. The number of unbranched alkanes of at least 4 members (excludes halogenated alkanes) is 2. The molecular formula is C26H38Cl2N2O6. The number of aliphatic hydroxyl groups is 1. The zero-order chi connectivity index (χ0) is 26.5. The van der Waals surface area contributed by atoms with Crippen LogP contribution in [-0.4, -0.2) is 72.7 Å². The number of hydrogen-bond acceptors (Lipinski definition) is 7. The summed E-state index contributed by atoms with van der Waals surface area (Å²) in [5.74, 6) is -2.95. The van der Waals surface area contributed by atoms with Crippen molar-refractivity contribution in [3.05, 3.63) is 35.9 Å². The van der Waals surface area contributed by atoms with Gasteiger partial charge in [-0.2, -0.15) is 0 Å². The maximum Gasteiger partial charge on any atom is 0.344 e. The van der Waals surface area contributed by atoms with Crippen LogP contribution in [0.15, 0.2) is 30.3 Å². The summed E-state index contributed by atoms with van der Waals surface area (Å²) < 4.78 is 9.88. The molecule has 0 spiro atoms. The fourth-order valence-corrected chi connectivity index (χ4v) is 5.47. The summed E-state index contributed by atoms with van der Waals surface area (Å²) in [5, 5.41) is 15.6. The van der Waals surface area contributed by atoms with Gasteiger partial charge in [0.1, 0.15) is 6.04 Å². The largest absolute Gasteiger partial charge is 0.463 e. The first kappa shape index (κ1) is 30.4. The Labute approximate surface area is 223 Å². The highest BCUT2D eigenvalue weighted by molar-refractivity contribution is 6.24. The van der Waals surface area contributed by atoms with Gasteiger partial charge in [0.05, 0.1) is 24.0 Å². The molecule has 0 aliphatic heterocycles. The molecule has 1 aromatic carbocycles. The van der Waals surface area contributed by atoms with Gasteiger partial charge in [-0.3, -0.25) is 4.79 Å². The van der Waals surface area contributed by atoms with Gasteiger partial charge in [0, 0.05) is 11.8 Å². The Morgan fingerprint density at radius 2 is 1.83 bits per heavy atom. The second-order valence-corrected chi connectivity index (χ2v) is 10.1. The van der Waals surface area contributed by atoms with Crippen LogP contribution >= 0.6 is 23.2 Å². The number of benzene rings is 1. The molecule has 0 saturated heterocycles. The molecule has 3 N–H and O–H groups in total. The first-order valence-corrected chi connectivity index (χ1v) is 13.4. The van der Waals surface area contributed by atoms with Gasteiger partial charge in [0.15, 0.2) is 6.61 Å². The first-order valence-electron chi connectivity index (χ1n) is 12.6. The summed E-state index contributed by atoms with van der Waals surface area (Å²) in [6, 6.07) is 8.05. The van der Waals surface area contributed by atoms with Crippen LogP contribution in [0.1, 0.15) is 44.6 Å². The number of alkyl halides is 2. The third kappa shape index (κ3) is 9.54. The molecule has 0 aromatic heterocycles. The maximum atomic E-state index is 13.2. The minimum atomic E-state index is -1.10. The second kappa shape index (κ2) is 16.1. The van der Waals surface area contributed by atoms with Crippen molar-refractivity contribution in [3.63, 3.8) is 0 Å². The average Bonchev–Trinajstić information content (AvgIpc) is 2.86. The molecule has 0 bridgehead atoms. The quantitative estimate of drug-likeness (QED) is 0.187. The van der Waals surface area contributed by atoms with Crippen molar-refractivity contribution >= 4 is 41.0 Å². The van der Waals surface area contributed by atoms with E-state index in [0.717, 1.165) is 37.8 Å². The van der Waals surface area contributed by atoms with Crippen LogP contribution in [0.4, 0.5) is 0 Å². The van der Waals surface area contributed by atoms with Gasteiger partial charge in [-0.1, -0.05) is 43.2 Å². The van der Waals surface area contributed by atoms with Gasteiger partial charge in [-0.05, 0) is 51.3 Å². The lowest BCUT2D eigenvalue weighted by atomic mass is 9.76. The zero-order valence-corrected chi connectivity index (χ0v) is 22.5. The van der Waals surface area contributed by atoms with Crippen molar-refractivity contribution in [2.24, 2.45) is 11.8 Å². The number of hydrogen-bond donors (Lipinski definition) is 3. The van der Waals surface area contributed by atoms with Crippen LogP contribution in [0, 0.1) is 11.8 Å². The van der Waals surface area contributed by atoms with E-state index in [1.807, 2.05) is 37.4 Å². The molecular weight excluding hydrogens is 507 g/mol. The van der Waals surface area contributed by atoms with Crippen LogP contribution in [0.2, 0.25) is 0 Å². The Hall–Kier alpha value is -1.87. The molecule has 1 aliphatic rings. The Morgan fingerprint density at radius 1 is 1.11 bits per heavy atom. The second-order valence-electron chi connectivity index (χ2n) is 9.07. The van der Waals surface area contributed by atoms with E-state index in [2.05, 4.69) is 10.6 Å². The molecule has 0 radical (unpaired) electrons. The van der Waals surface area contributed by atoms with E-state index in [0.29, 0.717) is 0 Å². The fraction of sp³-hybridized carbons (Fsp3) is 0.654. The molecule has 5 unspecified atom stereocenters. The number of esters is 2. The summed E-state index contributed by atoms with van der Waals surface area (Å²) in [6.45, 7) is 2.20. The van der Waals surface area contributed by atoms with Crippen LogP contribution in [-0.2, 0) is 30.3 Å². The van der Waals surface area contributed by atoms with Crippen LogP contribution < -0.4 is 10.6 Å². The normalized spacial score (nSPS) is 24.5. The van der Waals surface area contributed by atoms with Crippen LogP contribution in [0.5, 0.6) is 0 Å². The van der Waals surface area contributed by atoms with E-state index in [1.165, 1.54) is 0 Å². The summed E-state index contributed by atoms with van der Waals surface area (Å²) in [5.41, 5.74) is 0.795. The highest BCUT2D eigenvalue weighted by atomic mass is 35.5. The predicted molar refractivity (Wildman–Crippen MR) is 139 cm³/mol. The number of carbonyl (C=O) groups is 3. The predicted octanol–water partition coefficient (Wildman–Crippen LogP) is 2.81. The highest BCUT2D eigenvalue weighted by Gasteiger charge is 2.45. The Kier molecular flexibility index (Phi) is 13.6. The maximum absolute atomic E-state index is 13.2. The minimum Gasteiger partial charge on any atom is -0.463 e. The minimum absolute atomic E-state index is 0.114. The molecule has 1 fully saturated rings. The monoisotopic (exact) mass is 544 g/mol. The summed E-state index contributed by atoms with van der Waals surface area (Å²) in [6.07, 6.45) is 3.08. The van der Waals surface area contributed by atoms with E-state index < -0.39 is 47.9 Å². The third-order valence-corrected chi connectivity index (χ3v) is 7.50. The van der Waals surface area contributed by atoms with Crippen molar-refractivity contribution in [1.29, 1.82) is 0 Å². The highest BCUT2D eigenvalue weighted by Crippen LogP contribution is 2.39. The number of aliphatic hydroxyl groups excluding tert-OH is 1. The van der Waals surface area contributed by atoms with E-state index >= 15 is 0 Å². The van der Waals surface area contributed by atoms with Crippen molar-refractivity contribution in [2.75, 3.05) is 26.8 Å². The smallest absolute Gasteiger partial charge is 0.344 e. The molecule has 6 atom stereocenters. The van der Waals surface area contributed by atoms with Gasteiger partial charge < -0.3 is 25.2 Å². The van der Waals surface area contributed by atoms with Gasteiger partial charge in [-0.15, -0.1) is 23.2 Å². The zero-order valence-electron chi connectivity index (χ0n) is 21.0. The van der Waals surface area contributed by atoms with E-state index in [-0.39, 0.29) is 30.7 Å². The molecule has 8 nitrogen and oxygen atoms in total. The van der Waals surface area contributed by atoms with E-state index in [4.69, 9.17) is 32.7 Å². The standard InChI is InChI=1S/C26H38Cl2N2O6/c1-3-35-22(31)16-36-26(34)21(14-17-10-6-4-7-11-17)30-25(33)19-15-20(27)18(23(28)24(19)32)12-8-5-9-13-29-2/h4,6-7,10-11,18-21,23-24,29,32H,3,5,8-9,12-16H2,1-2H3,(H,30,33)/t18?,19?,20?,21-,23?,24?/m1/s1. The summed E-state index contributed by atoms with van der Waals surface area (Å²) in [4.78, 5) is 37.6. The van der Waals surface area contributed by atoms with Crippen molar-refractivity contribution in [3.8, 4) is 0 Å². The number of halogens is 2.